The van der Waals surface area contributed by atoms with E-state index in [1.807, 2.05) is 30.9 Å². The number of hydrogen-bond acceptors (Lipinski definition) is 4. The third-order valence-electron chi connectivity index (χ3n) is 4.18. The van der Waals surface area contributed by atoms with Crippen molar-refractivity contribution in [3.05, 3.63) is 22.2 Å². The molecule has 0 aliphatic carbocycles. The number of hydrogen-bond donors (Lipinski definition) is 1. The summed E-state index contributed by atoms with van der Waals surface area (Å²) in [6, 6.07) is 3.74. The summed E-state index contributed by atoms with van der Waals surface area (Å²) in [4.78, 5) is 14.5. The monoisotopic (exact) mass is 399 g/mol. The molecule has 2 rings (SSSR count). The predicted octanol–water partition coefficient (Wildman–Crippen LogP) is 3.02. The number of ether oxygens (including phenoxy) is 2. The number of carbonyl (C=O) groups is 1. The normalized spacial score (nSPS) is 17.7. The summed E-state index contributed by atoms with van der Waals surface area (Å²) in [6.07, 6.45) is 2.25. The number of amides is 1. The first-order valence-corrected chi connectivity index (χ1v) is 9.34. The molecule has 1 amide bonds. The minimum Gasteiger partial charge on any atom is -0.490 e. The van der Waals surface area contributed by atoms with Gasteiger partial charge in [0.25, 0.3) is 0 Å². The Morgan fingerprint density at radius 1 is 1.29 bits per heavy atom. The van der Waals surface area contributed by atoms with Gasteiger partial charge in [-0.1, -0.05) is 15.9 Å². The summed E-state index contributed by atoms with van der Waals surface area (Å²) < 4.78 is 12.1. The molecule has 24 heavy (non-hydrogen) atoms. The van der Waals surface area contributed by atoms with E-state index in [-0.39, 0.29) is 18.4 Å². The molecular weight excluding hydrogens is 374 g/mol. The van der Waals surface area contributed by atoms with Gasteiger partial charge >= 0.3 is 0 Å². The third-order valence-corrected chi connectivity index (χ3v) is 4.92. The highest BCUT2D eigenvalue weighted by Crippen LogP contribution is 2.34. The minimum atomic E-state index is 0.0838. The lowest BCUT2D eigenvalue weighted by molar-refractivity contribution is -0.132. The molecule has 1 fully saturated rings. The Morgan fingerprint density at radius 3 is 2.58 bits per heavy atom. The van der Waals surface area contributed by atoms with Crippen molar-refractivity contribution in [1.82, 2.24) is 4.90 Å². The number of nitrogens with zero attached hydrogens (tertiary/aromatic N) is 1. The summed E-state index contributed by atoms with van der Waals surface area (Å²) in [6.45, 7) is 6.50. The van der Waals surface area contributed by atoms with Crippen LogP contribution in [0.25, 0.3) is 0 Å². The van der Waals surface area contributed by atoms with Crippen molar-refractivity contribution in [3.63, 3.8) is 0 Å². The summed E-state index contributed by atoms with van der Waals surface area (Å²) in [5, 5.41) is 9.33. The Bertz CT molecular complexity index is 564. The first kappa shape index (κ1) is 19.1. The summed E-state index contributed by atoms with van der Waals surface area (Å²) in [5.41, 5.74) is 0.887. The van der Waals surface area contributed by atoms with Gasteiger partial charge in [0, 0.05) is 24.2 Å². The lowest BCUT2D eigenvalue weighted by Gasteiger charge is -2.32. The minimum absolute atomic E-state index is 0.0838. The van der Waals surface area contributed by atoms with Crippen molar-refractivity contribution in [1.29, 1.82) is 0 Å². The molecule has 1 aromatic carbocycles. The van der Waals surface area contributed by atoms with Crippen LogP contribution >= 0.6 is 15.9 Å². The van der Waals surface area contributed by atoms with Crippen LogP contribution in [0, 0.1) is 5.92 Å². The van der Waals surface area contributed by atoms with Crippen LogP contribution in [0.15, 0.2) is 16.6 Å². The average molecular weight is 400 g/mol. The van der Waals surface area contributed by atoms with Crippen molar-refractivity contribution in [2.75, 3.05) is 32.9 Å². The Labute approximate surface area is 152 Å². The van der Waals surface area contributed by atoms with Gasteiger partial charge in [-0.05, 0) is 50.3 Å². The van der Waals surface area contributed by atoms with E-state index in [0.29, 0.717) is 37.7 Å². The maximum Gasteiger partial charge on any atom is 0.227 e. The van der Waals surface area contributed by atoms with Crippen LogP contribution in [0.3, 0.4) is 0 Å². The van der Waals surface area contributed by atoms with Crippen LogP contribution in [0.5, 0.6) is 11.5 Å². The molecule has 0 radical (unpaired) electrons. The van der Waals surface area contributed by atoms with Gasteiger partial charge in [-0.2, -0.15) is 0 Å². The van der Waals surface area contributed by atoms with E-state index in [9.17, 15) is 9.90 Å². The lowest BCUT2D eigenvalue weighted by atomic mass is 9.98. The summed E-state index contributed by atoms with van der Waals surface area (Å²) in [5.74, 6) is 1.63. The van der Waals surface area contributed by atoms with Gasteiger partial charge in [0.15, 0.2) is 11.5 Å². The molecule has 1 heterocycles. The molecule has 1 saturated heterocycles. The first-order valence-electron chi connectivity index (χ1n) is 8.55. The fraction of sp³-hybridized carbons (Fsp3) is 0.611. The number of halogens is 1. The second-order valence-electron chi connectivity index (χ2n) is 5.96. The Kier molecular flexibility index (Phi) is 7.37. The fourth-order valence-electron chi connectivity index (χ4n) is 2.96. The van der Waals surface area contributed by atoms with Crippen LogP contribution < -0.4 is 9.47 Å². The van der Waals surface area contributed by atoms with E-state index in [0.717, 1.165) is 29.4 Å². The molecular formula is C18H26BrNO4. The summed E-state index contributed by atoms with van der Waals surface area (Å²) >= 11 is 3.53. The van der Waals surface area contributed by atoms with E-state index in [1.165, 1.54) is 0 Å². The van der Waals surface area contributed by atoms with Crippen molar-refractivity contribution in [2.24, 2.45) is 5.92 Å². The quantitative estimate of drug-likeness (QED) is 0.765. The SMILES string of the molecule is CCOc1cc(Br)c(CC(=O)N2CCCC(CO)C2)cc1OCC. The van der Waals surface area contributed by atoms with Gasteiger partial charge in [0.2, 0.25) is 5.91 Å². The number of carbonyl (C=O) groups excluding carboxylic acids is 1. The van der Waals surface area contributed by atoms with Crippen LogP contribution in [-0.2, 0) is 11.2 Å². The summed E-state index contributed by atoms with van der Waals surface area (Å²) in [7, 11) is 0. The fourth-order valence-corrected chi connectivity index (χ4v) is 3.43. The molecule has 1 aromatic rings. The van der Waals surface area contributed by atoms with Crippen LogP contribution in [0.2, 0.25) is 0 Å². The van der Waals surface area contributed by atoms with E-state index >= 15 is 0 Å². The second-order valence-corrected chi connectivity index (χ2v) is 6.82. The van der Waals surface area contributed by atoms with Gasteiger partial charge in [-0.25, -0.2) is 0 Å². The van der Waals surface area contributed by atoms with E-state index < -0.39 is 0 Å². The van der Waals surface area contributed by atoms with Gasteiger partial charge < -0.3 is 19.5 Å². The Morgan fingerprint density at radius 2 is 1.96 bits per heavy atom. The molecule has 0 aromatic heterocycles. The Hall–Kier alpha value is -1.27. The Balaban J connectivity index is 2.13. The average Bonchev–Trinajstić information content (AvgIpc) is 2.59. The number of likely N-dealkylation sites (tertiary alicyclic amines) is 1. The molecule has 6 heteroatoms. The van der Waals surface area contributed by atoms with Crippen molar-refractivity contribution < 1.29 is 19.4 Å². The third kappa shape index (κ3) is 4.86. The van der Waals surface area contributed by atoms with Crippen molar-refractivity contribution in [3.8, 4) is 11.5 Å². The highest BCUT2D eigenvalue weighted by molar-refractivity contribution is 9.10. The maximum atomic E-state index is 12.6. The number of aliphatic hydroxyl groups is 1. The number of rotatable bonds is 7. The van der Waals surface area contributed by atoms with E-state index in [2.05, 4.69) is 15.9 Å². The molecule has 0 bridgehead atoms. The molecule has 1 atom stereocenters. The molecule has 5 nitrogen and oxygen atoms in total. The van der Waals surface area contributed by atoms with Gasteiger partial charge in [0.05, 0.1) is 19.6 Å². The second kappa shape index (κ2) is 9.28. The van der Waals surface area contributed by atoms with Gasteiger partial charge in [-0.15, -0.1) is 0 Å². The van der Waals surface area contributed by atoms with Crippen molar-refractivity contribution >= 4 is 21.8 Å². The molecule has 134 valence electrons. The highest BCUT2D eigenvalue weighted by atomic mass is 79.9. The molecule has 1 aliphatic rings. The molecule has 0 saturated carbocycles. The zero-order valence-corrected chi connectivity index (χ0v) is 16.0. The number of aliphatic hydroxyl groups excluding tert-OH is 1. The molecule has 0 spiro atoms. The topological polar surface area (TPSA) is 59.0 Å². The van der Waals surface area contributed by atoms with E-state index in [1.54, 1.807) is 0 Å². The molecule has 1 aliphatic heterocycles. The highest BCUT2D eigenvalue weighted by Gasteiger charge is 2.24. The van der Waals surface area contributed by atoms with Crippen LogP contribution in [0.1, 0.15) is 32.3 Å². The molecule has 1 unspecified atom stereocenters. The van der Waals surface area contributed by atoms with E-state index in [4.69, 9.17) is 9.47 Å². The smallest absolute Gasteiger partial charge is 0.227 e. The first-order chi connectivity index (χ1) is 11.6. The lowest BCUT2D eigenvalue weighted by Crippen LogP contribution is -2.41. The standard InChI is InChI=1S/C18H26BrNO4/c1-3-23-16-8-14(15(19)10-17(16)24-4-2)9-18(22)20-7-5-6-13(11-20)12-21/h8,10,13,21H,3-7,9,11-12H2,1-2H3. The largest absolute Gasteiger partial charge is 0.490 e. The maximum absolute atomic E-state index is 12.6. The van der Waals surface area contributed by atoms with Crippen molar-refractivity contribution in [2.45, 2.75) is 33.1 Å². The number of benzene rings is 1. The zero-order valence-electron chi connectivity index (χ0n) is 14.4. The van der Waals surface area contributed by atoms with Crippen LogP contribution in [0.4, 0.5) is 0 Å². The predicted molar refractivity (Wildman–Crippen MR) is 96.6 cm³/mol. The molecule has 1 N–H and O–H groups in total. The van der Waals surface area contributed by atoms with Crippen LogP contribution in [-0.4, -0.2) is 48.8 Å². The zero-order chi connectivity index (χ0) is 17.5. The van der Waals surface area contributed by atoms with Gasteiger partial charge in [-0.3, -0.25) is 4.79 Å². The number of piperidine rings is 1. The van der Waals surface area contributed by atoms with Gasteiger partial charge in [0.1, 0.15) is 0 Å².